The van der Waals surface area contributed by atoms with Gasteiger partial charge in [-0.3, -0.25) is 4.79 Å². The summed E-state index contributed by atoms with van der Waals surface area (Å²) in [4.78, 5) is 16.0. The van der Waals surface area contributed by atoms with Gasteiger partial charge < -0.3 is 16.4 Å². The summed E-state index contributed by atoms with van der Waals surface area (Å²) in [6, 6.07) is 17.5. The minimum absolute atomic E-state index is 0.438. The fourth-order valence-electron chi connectivity index (χ4n) is 3.25. The van der Waals surface area contributed by atoms with Gasteiger partial charge in [0.2, 0.25) is 5.91 Å². The van der Waals surface area contributed by atoms with Crippen LogP contribution in [0, 0.1) is 13.8 Å². The van der Waals surface area contributed by atoms with Gasteiger partial charge in [0.05, 0.1) is 17.9 Å². The van der Waals surface area contributed by atoms with Crippen molar-refractivity contribution in [1.29, 1.82) is 0 Å². The van der Waals surface area contributed by atoms with Crippen LogP contribution in [0.3, 0.4) is 0 Å². The minimum Gasteiger partial charge on any atom is -0.366 e. The molecule has 156 valence electrons. The summed E-state index contributed by atoms with van der Waals surface area (Å²) in [6.07, 6.45) is 0. The van der Waals surface area contributed by atoms with Crippen LogP contribution in [0.25, 0.3) is 5.69 Å². The predicted octanol–water partition coefficient (Wildman–Crippen LogP) is 2.84. The highest BCUT2D eigenvalue weighted by atomic mass is 16.1. The molecule has 0 saturated heterocycles. The van der Waals surface area contributed by atoms with Crippen LogP contribution in [0.4, 0.5) is 0 Å². The third-order valence-corrected chi connectivity index (χ3v) is 4.65. The lowest BCUT2D eigenvalue weighted by Gasteiger charge is -2.15. The van der Waals surface area contributed by atoms with Crippen molar-refractivity contribution in [2.75, 3.05) is 6.54 Å². The third kappa shape index (κ3) is 5.26. The number of nitrogens with one attached hydrogen (secondary N) is 2. The first kappa shape index (κ1) is 21.1. The molecule has 3 aromatic rings. The molecule has 0 fully saturated rings. The fourth-order valence-corrected chi connectivity index (χ4v) is 3.25. The molecule has 0 bridgehead atoms. The Morgan fingerprint density at radius 3 is 2.60 bits per heavy atom. The number of hydrogen-bond donors (Lipinski definition) is 3. The monoisotopic (exact) mass is 404 g/mol. The molecule has 3 rings (SSSR count). The Balaban J connectivity index is 1.75. The van der Waals surface area contributed by atoms with E-state index in [1.165, 1.54) is 0 Å². The van der Waals surface area contributed by atoms with E-state index in [1.807, 2.05) is 42.8 Å². The topological polar surface area (TPSA) is 97.3 Å². The smallest absolute Gasteiger partial charge is 0.248 e. The Hall–Kier alpha value is -3.61. The van der Waals surface area contributed by atoms with Crippen LogP contribution in [0.15, 0.2) is 59.6 Å². The maximum absolute atomic E-state index is 11.4. The molecule has 7 heteroatoms. The van der Waals surface area contributed by atoms with Crippen molar-refractivity contribution < 1.29 is 4.79 Å². The van der Waals surface area contributed by atoms with Crippen LogP contribution in [0.1, 0.15) is 39.8 Å². The Morgan fingerprint density at radius 2 is 1.90 bits per heavy atom. The molecule has 0 saturated carbocycles. The molecule has 0 radical (unpaired) electrons. The van der Waals surface area contributed by atoms with Crippen LogP contribution in [0.5, 0.6) is 0 Å². The number of nitrogens with two attached hydrogens (primary N) is 1. The first-order valence-corrected chi connectivity index (χ1v) is 10.0. The van der Waals surface area contributed by atoms with E-state index in [2.05, 4.69) is 45.8 Å². The van der Waals surface area contributed by atoms with Crippen molar-refractivity contribution in [1.82, 2.24) is 20.4 Å². The standard InChI is InChI=1S/C23H28N6O/c1-4-25-23(26-14-18-8-7-10-19(13-18)22(24)30)27-15-20-9-5-6-11-21(20)29-17(3)12-16(2)28-29/h5-13H,4,14-15H2,1-3H3,(H2,24,30)(H2,25,26,27). The van der Waals surface area contributed by atoms with Crippen LogP contribution < -0.4 is 16.4 Å². The number of nitrogens with zero attached hydrogens (tertiary/aromatic N) is 3. The summed E-state index contributed by atoms with van der Waals surface area (Å²) >= 11 is 0. The summed E-state index contributed by atoms with van der Waals surface area (Å²) in [5, 5.41) is 11.3. The van der Waals surface area contributed by atoms with Gasteiger partial charge >= 0.3 is 0 Å². The molecule has 0 aliphatic rings. The number of amides is 1. The van der Waals surface area contributed by atoms with Gasteiger partial charge in [0.25, 0.3) is 0 Å². The number of para-hydroxylation sites is 1. The Morgan fingerprint density at radius 1 is 1.10 bits per heavy atom. The number of benzene rings is 2. The van der Waals surface area contributed by atoms with E-state index in [-0.39, 0.29) is 0 Å². The Labute approximate surface area is 177 Å². The van der Waals surface area contributed by atoms with Gasteiger partial charge in [0.15, 0.2) is 5.96 Å². The number of aliphatic imine (C=N–C) groups is 1. The zero-order chi connectivity index (χ0) is 21.5. The summed E-state index contributed by atoms with van der Waals surface area (Å²) in [5.74, 6) is 0.261. The molecular weight excluding hydrogens is 376 g/mol. The molecule has 30 heavy (non-hydrogen) atoms. The van der Waals surface area contributed by atoms with Gasteiger partial charge in [-0.2, -0.15) is 5.10 Å². The van der Waals surface area contributed by atoms with Crippen LogP contribution in [0.2, 0.25) is 0 Å². The minimum atomic E-state index is -0.438. The SMILES string of the molecule is CCNC(=NCc1cccc(C(N)=O)c1)NCc1ccccc1-n1nc(C)cc1C. The number of aryl methyl sites for hydroxylation is 2. The van der Waals surface area contributed by atoms with Gasteiger partial charge in [0.1, 0.15) is 0 Å². The number of rotatable bonds is 7. The van der Waals surface area contributed by atoms with Crippen LogP contribution >= 0.6 is 0 Å². The lowest BCUT2D eigenvalue weighted by Crippen LogP contribution is -2.37. The van der Waals surface area contributed by atoms with Crippen molar-refractivity contribution in [2.45, 2.75) is 33.9 Å². The molecule has 0 aliphatic heterocycles. The van der Waals surface area contributed by atoms with E-state index < -0.39 is 5.91 Å². The van der Waals surface area contributed by atoms with Gasteiger partial charge in [-0.05, 0) is 56.2 Å². The normalized spacial score (nSPS) is 11.4. The summed E-state index contributed by atoms with van der Waals surface area (Å²) in [5.41, 5.74) is 11.0. The third-order valence-electron chi connectivity index (χ3n) is 4.65. The first-order valence-electron chi connectivity index (χ1n) is 10.0. The van der Waals surface area contributed by atoms with Gasteiger partial charge in [0, 0.05) is 24.3 Å². The highest BCUT2D eigenvalue weighted by molar-refractivity contribution is 5.92. The number of hydrogen-bond acceptors (Lipinski definition) is 3. The van der Waals surface area contributed by atoms with Gasteiger partial charge in [-0.1, -0.05) is 30.3 Å². The molecule has 0 unspecified atom stereocenters. The van der Waals surface area contributed by atoms with Crippen molar-refractivity contribution in [3.8, 4) is 5.69 Å². The van der Waals surface area contributed by atoms with Gasteiger partial charge in [-0.25, -0.2) is 9.67 Å². The van der Waals surface area contributed by atoms with Crippen molar-refractivity contribution >= 4 is 11.9 Å². The number of carbonyl (C=O) groups excluding carboxylic acids is 1. The molecule has 0 atom stereocenters. The lowest BCUT2D eigenvalue weighted by atomic mass is 10.1. The highest BCUT2D eigenvalue weighted by Gasteiger charge is 2.09. The van der Waals surface area contributed by atoms with E-state index in [4.69, 9.17) is 5.73 Å². The average Bonchev–Trinajstić information content (AvgIpc) is 3.08. The fraction of sp³-hybridized carbons (Fsp3) is 0.261. The van der Waals surface area contributed by atoms with E-state index in [1.54, 1.807) is 12.1 Å². The molecule has 1 amide bonds. The average molecular weight is 405 g/mol. The zero-order valence-corrected chi connectivity index (χ0v) is 17.6. The first-order chi connectivity index (χ1) is 14.5. The summed E-state index contributed by atoms with van der Waals surface area (Å²) < 4.78 is 1.96. The number of aromatic nitrogens is 2. The highest BCUT2D eigenvalue weighted by Crippen LogP contribution is 2.17. The van der Waals surface area contributed by atoms with Crippen LogP contribution in [-0.2, 0) is 13.1 Å². The maximum Gasteiger partial charge on any atom is 0.248 e. The molecule has 1 aromatic heterocycles. The number of primary amides is 1. The molecule has 0 aliphatic carbocycles. The van der Waals surface area contributed by atoms with Crippen molar-refractivity contribution in [3.05, 3.63) is 82.7 Å². The second-order valence-electron chi connectivity index (χ2n) is 7.08. The quantitative estimate of drug-likeness (QED) is 0.417. The van der Waals surface area contributed by atoms with Crippen LogP contribution in [-0.4, -0.2) is 28.2 Å². The largest absolute Gasteiger partial charge is 0.366 e. The molecule has 2 aromatic carbocycles. The number of guanidine groups is 1. The lowest BCUT2D eigenvalue weighted by molar-refractivity contribution is 0.1000. The molecule has 4 N–H and O–H groups in total. The molecule has 0 spiro atoms. The van der Waals surface area contributed by atoms with E-state index >= 15 is 0 Å². The second-order valence-corrected chi connectivity index (χ2v) is 7.08. The predicted molar refractivity (Wildman–Crippen MR) is 120 cm³/mol. The van der Waals surface area contributed by atoms with E-state index in [0.29, 0.717) is 24.6 Å². The molecular formula is C23H28N6O. The van der Waals surface area contributed by atoms with Crippen molar-refractivity contribution in [2.24, 2.45) is 10.7 Å². The van der Waals surface area contributed by atoms with E-state index in [9.17, 15) is 4.79 Å². The Bertz CT molecular complexity index is 1050. The summed E-state index contributed by atoms with van der Waals surface area (Å²) in [7, 11) is 0. The number of carbonyl (C=O) groups is 1. The van der Waals surface area contributed by atoms with Crippen molar-refractivity contribution in [3.63, 3.8) is 0 Å². The molecule has 1 heterocycles. The molecule has 7 nitrogen and oxygen atoms in total. The maximum atomic E-state index is 11.4. The second kappa shape index (κ2) is 9.73. The Kier molecular flexibility index (Phi) is 6.85. The van der Waals surface area contributed by atoms with E-state index in [0.717, 1.165) is 34.7 Å². The summed E-state index contributed by atoms with van der Waals surface area (Å²) in [6.45, 7) is 7.85. The van der Waals surface area contributed by atoms with Gasteiger partial charge in [-0.15, -0.1) is 0 Å². The zero-order valence-electron chi connectivity index (χ0n) is 17.6.